The number of methoxy groups -OCH3 is 1. The Kier molecular flexibility index (Phi) is 5.57. The molecule has 1 N–H and O–H groups in total. The van der Waals surface area contributed by atoms with Gasteiger partial charge in [-0.3, -0.25) is 0 Å². The summed E-state index contributed by atoms with van der Waals surface area (Å²) in [6, 6.07) is 6.13. The third-order valence-electron chi connectivity index (χ3n) is 3.49. The minimum atomic E-state index is -0.360. The van der Waals surface area contributed by atoms with Gasteiger partial charge in [0.1, 0.15) is 5.82 Å². The van der Waals surface area contributed by atoms with Crippen molar-refractivity contribution in [2.75, 3.05) is 25.8 Å². The maximum Gasteiger partial charge on any atom is 0.224 e. The SMILES string of the molecule is COc1cnn(-c2ccc(Nc3nc(Cl)ncc3Br)c(P(C)C)c2)c1. The van der Waals surface area contributed by atoms with Gasteiger partial charge in [0, 0.05) is 17.2 Å². The largest absolute Gasteiger partial charge is 0.493 e. The molecule has 0 radical (unpaired) electrons. The molecule has 0 amide bonds. The molecule has 25 heavy (non-hydrogen) atoms. The van der Waals surface area contributed by atoms with E-state index in [1.165, 1.54) is 5.30 Å². The van der Waals surface area contributed by atoms with Gasteiger partial charge in [0.2, 0.25) is 5.28 Å². The zero-order chi connectivity index (χ0) is 18.0. The number of anilines is 2. The molecule has 0 saturated heterocycles. The number of ether oxygens (including phenoxy) is 1. The fourth-order valence-corrected chi connectivity index (χ4v) is 3.68. The van der Waals surface area contributed by atoms with Gasteiger partial charge in [-0.2, -0.15) is 10.1 Å². The summed E-state index contributed by atoms with van der Waals surface area (Å²) in [5.41, 5.74) is 1.95. The molecule has 2 heterocycles. The molecule has 0 aliphatic rings. The van der Waals surface area contributed by atoms with Crippen LogP contribution in [0.15, 0.2) is 41.3 Å². The molecule has 2 aromatic heterocycles. The Balaban J connectivity index is 1.98. The van der Waals surface area contributed by atoms with Crippen molar-refractivity contribution in [3.63, 3.8) is 0 Å². The number of aromatic nitrogens is 4. The number of halogens is 2. The first kappa shape index (κ1) is 18.1. The third kappa shape index (κ3) is 4.11. The van der Waals surface area contributed by atoms with Crippen LogP contribution in [0.25, 0.3) is 5.69 Å². The van der Waals surface area contributed by atoms with Crippen molar-refractivity contribution in [2.45, 2.75) is 0 Å². The van der Waals surface area contributed by atoms with Gasteiger partial charge in [0.05, 0.1) is 29.7 Å². The zero-order valence-corrected chi connectivity index (χ0v) is 17.1. The highest BCUT2D eigenvalue weighted by Crippen LogP contribution is 2.32. The summed E-state index contributed by atoms with van der Waals surface area (Å²) in [4.78, 5) is 8.18. The van der Waals surface area contributed by atoms with Gasteiger partial charge >= 0.3 is 0 Å². The highest BCUT2D eigenvalue weighted by molar-refractivity contribution is 9.10. The molecule has 9 heteroatoms. The van der Waals surface area contributed by atoms with Gasteiger partial charge in [0.15, 0.2) is 5.75 Å². The average molecular weight is 441 g/mol. The first-order chi connectivity index (χ1) is 12.0. The standard InChI is InChI=1S/C16H16BrClN5OP/c1-24-11-7-20-23(9-11)10-4-5-13(14(6-10)25(2)3)21-15-12(17)8-19-16(18)22-15/h4-9H,1-3H3,(H,19,21,22). The Morgan fingerprint density at radius 3 is 2.76 bits per heavy atom. The lowest BCUT2D eigenvalue weighted by Gasteiger charge is -2.17. The van der Waals surface area contributed by atoms with E-state index < -0.39 is 0 Å². The van der Waals surface area contributed by atoms with E-state index in [2.05, 4.69) is 55.7 Å². The summed E-state index contributed by atoms with van der Waals surface area (Å²) in [6.07, 6.45) is 5.16. The number of benzene rings is 1. The van der Waals surface area contributed by atoms with Crippen LogP contribution in [0.2, 0.25) is 5.28 Å². The number of rotatable bonds is 5. The summed E-state index contributed by atoms with van der Waals surface area (Å²) in [7, 11) is 1.27. The van der Waals surface area contributed by atoms with Crippen LogP contribution < -0.4 is 15.4 Å². The first-order valence-electron chi connectivity index (χ1n) is 7.33. The smallest absolute Gasteiger partial charge is 0.224 e. The molecule has 0 spiro atoms. The minimum absolute atomic E-state index is 0.197. The first-order valence-corrected chi connectivity index (χ1v) is 10.7. The van der Waals surface area contributed by atoms with Crippen LogP contribution in [0.1, 0.15) is 0 Å². The van der Waals surface area contributed by atoms with E-state index in [0.717, 1.165) is 21.6 Å². The molecule has 0 fully saturated rings. The van der Waals surface area contributed by atoms with Crippen molar-refractivity contribution in [3.05, 3.63) is 46.5 Å². The van der Waals surface area contributed by atoms with E-state index in [-0.39, 0.29) is 13.2 Å². The van der Waals surface area contributed by atoms with Gasteiger partial charge < -0.3 is 10.1 Å². The van der Waals surface area contributed by atoms with E-state index >= 15 is 0 Å². The molecular weight excluding hydrogens is 425 g/mol. The molecule has 130 valence electrons. The van der Waals surface area contributed by atoms with Crippen molar-refractivity contribution in [1.82, 2.24) is 19.7 Å². The van der Waals surface area contributed by atoms with Crippen LogP contribution in [0, 0.1) is 0 Å². The second kappa shape index (κ2) is 7.68. The van der Waals surface area contributed by atoms with Gasteiger partial charge in [-0.1, -0.05) is 7.92 Å². The van der Waals surface area contributed by atoms with Crippen LogP contribution in [-0.4, -0.2) is 40.2 Å². The molecule has 0 bridgehead atoms. The predicted molar refractivity (Wildman–Crippen MR) is 107 cm³/mol. The fraction of sp³-hybridized carbons (Fsp3) is 0.188. The Morgan fingerprint density at radius 2 is 2.08 bits per heavy atom. The van der Waals surface area contributed by atoms with Crippen molar-refractivity contribution >= 4 is 52.3 Å². The minimum Gasteiger partial charge on any atom is -0.493 e. The maximum atomic E-state index is 5.90. The van der Waals surface area contributed by atoms with Crippen LogP contribution in [0.4, 0.5) is 11.5 Å². The highest BCUT2D eigenvalue weighted by atomic mass is 79.9. The van der Waals surface area contributed by atoms with Gasteiger partial charge in [-0.15, -0.1) is 0 Å². The molecule has 1 aromatic carbocycles. The number of hydrogen-bond donors (Lipinski definition) is 1. The molecule has 0 aliphatic heterocycles. The highest BCUT2D eigenvalue weighted by Gasteiger charge is 2.12. The van der Waals surface area contributed by atoms with Crippen LogP contribution >= 0.6 is 35.5 Å². The van der Waals surface area contributed by atoms with E-state index in [1.807, 2.05) is 18.3 Å². The molecule has 6 nitrogen and oxygen atoms in total. The molecule has 3 rings (SSSR count). The monoisotopic (exact) mass is 439 g/mol. The van der Waals surface area contributed by atoms with Crippen LogP contribution in [0.3, 0.4) is 0 Å². The summed E-state index contributed by atoms with van der Waals surface area (Å²) in [5, 5.41) is 9.06. The summed E-state index contributed by atoms with van der Waals surface area (Å²) in [6.45, 7) is 4.40. The van der Waals surface area contributed by atoms with Crippen molar-refractivity contribution in [1.29, 1.82) is 0 Å². The second-order valence-electron chi connectivity index (χ2n) is 5.38. The second-order valence-corrected chi connectivity index (χ2v) is 8.84. The zero-order valence-electron chi connectivity index (χ0n) is 13.9. The maximum absolute atomic E-state index is 5.90. The molecule has 0 saturated carbocycles. The molecule has 0 unspecified atom stereocenters. The van der Waals surface area contributed by atoms with Gasteiger partial charge in [0.25, 0.3) is 0 Å². The van der Waals surface area contributed by atoms with Crippen molar-refractivity contribution < 1.29 is 4.74 Å². The van der Waals surface area contributed by atoms with Crippen molar-refractivity contribution in [2.24, 2.45) is 0 Å². The fourth-order valence-electron chi connectivity index (χ4n) is 2.25. The lowest BCUT2D eigenvalue weighted by Crippen LogP contribution is -2.11. The molecule has 3 aromatic rings. The van der Waals surface area contributed by atoms with Crippen LogP contribution in [0.5, 0.6) is 5.75 Å². The van der Waals surface area contributed by atoms with Crippen LogP contribution in [-0.2, 0) is 0 Å². The van der Waals surface area contributed by atoms with E-state index in [1.54, 1.807) is 24.2 Å². The number of nitrogens with one attached hydrogen (secondary N) is 1. The number of hydrogen-bond acceptors (Lipinski definition) is 5. The van der Waals surface area contributed by atoms with Gasteiger partial charge in [-0.25, -0.2) is 9.67 Å². The summed E-state index contributed by atoms with van der Waals surface area (Å²) in [5.74, 6) is 1.35. The lowest BCUT2D eigenvalue weighted by molar-refractivity contribution is 0.414. The Labute approximate surface area is 160 Å². The Bertz CT molecular complexity index is 902. The molecule has 0 aliphatic carbocycles. The third-order valence-corrected chi connectivity index (χ3v) is 5.59. The van der Waals surface area contributed by atoms with E-state index in [4.69, 9.17) is 16.3 Å². The topological polar surface area (TPSA) is 64.9 Å². The van der Waals surface area contributed by atoms with E-state index in [0.29, 0.717) is 5.82 Å². The Morgan fingerprint density at radius 1 is 1.28 bits per heavy atom. The molecule has 0 atom stereocenters. The summed E-state index contributed by atoms with van der Waals surface area (Å²) >= 11 is 9.35. The Hall–Kier alpha value is -1.69. The van der Waals surface area contributed by atoms with Gasteiger partial charge in [-0.05, 0) is 59.1 Å². The average Bonchev–Trinajstić information content (AvgIpc) is 3.07. The predicted octanol–water partition coefficient (Wildman–Crippen LogP) is 4.20. The van der Waals surface area contributed by atoms with E-state index in [9.17, 15) is 0 Å². The van der Waals surface area contributed by atoms with Crippen molar-refractivity contribution in [3.8, 4) is 11.4 Å². The lowest BCUT2D eigenvalue weighted by atomic mass is 10.2. The quantitative estimate of drug-likeness (QED) is 0.476. The normalized spacial score (nSPS) is 11.0. The summed E-state index contributed by atoms with van der Waals surface area (Å²) < 4.78 is 7.74. The number of nitrogens with zero attached hydrogens (tertiary/aromatic N) is 4. The molecular formula is C16H16BrClN5OP.